The molecule has 0 fully saturated rings. The molecule has 5 heteroatoms. The van der Waals surface area contributed by atoms with Crippen LogP contribution in [0.15, 0.2) is 18.5 Å². The Morgan fingerprint density at radius 3 is 2.71 bits per heavy atom. The lowest BCUT2D eigenvalue weighted by Gasteiger charge is -2.32. The summed E-state index contributed by atoms with van der Waals surface area (Å²) in [7, 11) is 3.91. The fourth-order valence-corrected chi connectivity index (χ4v) is 1.13. The highest BCUT2D eigenvalue weighted by Crippen LogP contribution is 2.14. The predicted octanol–water partition coefficient (Wildman–Crippen LogP) is 0.857. The van der Waals surface area contributed by atoms with Crippen LogP contribution in [0.1, 0.15) is 24.2 Å². The van der Waals surface area contributed by atoms with E-state index in [9.17, 15) is 9.90 Å². The van der Waals surface area contributed by atoms with E-state index in [1.807, 2.05) is 32.8 Å². The number of hydrogen-bond acceptors (Lipinski definition) is 4. The molecule has 1 heterocycles. The third-order valence-corrected chi connectivity index (χ3v) is 2.94. The zero-order chi connectivity index (χ0) is 13.1. The van der Waals surface area contributed by atoms with Crippen LogP contribution < -0.4 is 5.32 Å². The van der Waals surface area contributed by atoms with E-state index in [1.54, 1.807) is 0 Å². The molecule has 1 aromatic rings. The second-order valence-corrected chi connectivity index (χ2v) is 4.78. The summed E-state index contributed by atoms with van der Waals surface area (Å²) in [5, 5.41) is 12.3. The van der Waals surface area contributed by atoms with E-state index in [0.29, 0.717) is 6.54 Å². The van der Waals surface area contributed by atoms with Crippen molar-refractivity contribution in [3.8, 4) is 5.75 Å². The first-order valence-corrected chi connectivity index (χ1v) is 5.43. The van der Waals surface area contributed by atoms with Crippen LogP contribution in [0.4, 0.5) is 0 Å². The first-order valence-electron chi connectivity index (χ1n) is 5.43. The molecule has 0 atom stereocenters. The highest BCUT2D eigenvalue weighted by molar-refractivity contribution is 5.96. The van der Waals surface area contributed by atoms with Crippen molar-refractivity contribution >= 4 is 5.91 Å². The number of aromatic hydroxyl groups is 1. The molecule has 94 valence electrons. The molecule has 0 saturated heterocycles. The lowest BCUT2D eigenvalue weighted by molar-refractivity contribution is 0.0917. The summed E-state index contributed by atoms with van der Waals surface area (Å²) in [5.74, 6) is -0.396. The average molecular weight is 237 g/mol. The van der Waals surface area contributed by atoms with Crippen molar-refractivity contribution in [1.29, 1.82) is 0 Å². The topological polar surface area (TPSA) is 65.5 Å². The molecular formula is C12H19N3O2. The van der Waals surface area contributed by atoms with Crippen molar-refractivity contribution in [3.63, 3.8) is 0 Å². The molecule has 0 saturated carbocycles. The predicted molar refractivity (Wildman–Crippen MR) is 66.0 cm³/mol. The largest absolute Gasteiger partial charge is 0.505 e. The number of rotatable bonds is 4. The van der Waals surface area contributed by atoms with Crippen molar-refractivity contribution in [2.24, 2.45) is 0 Å². The highest BCUT2D eigenvalue weighted by atomic mass is 16.3. The molecule has 0 spiro atoms. The summed E-state index contributed by atoms with van der Waals surface area (Å²) in [6.45, 7) is 4.56. The van der Waals surface area contributed by atoms with E-state index in [4.69, 9.17) is 0 Å². The van der Waals surface area contributed by atoms with Crippen molar-refractivity contribution in [2.75, 3.05) is 20.6 Å². The van der Waals surface area contributed by atoms with Gasteiger partial charge in [-0.3, -0.25) is 9.78 Å². The van der Waals surface area contributed by atoms with Crippen LogP contribution >= 0.6 is 0 Å². The smallest absolute Gasteiger partial charge is 0.255 e. The van der Waals surface area contributed by atoms with Crippen LogP contribution in [0, 0.1) is 0 Å². The number of aromatic nitrogens is 1. The quantitative estimate of drug-likeness (QED) is 0.815. The average Bonchev–Trinajstić information content (AvgIpc) is 2.26. The normalized spacial score (nSPS) is 11.6. The Kier molecular flexibility index (Phi) is 4.07. The van der Waals surface area contributed by atoms with Gasteiger partial charge in [0.25, 0.3) is 5.91 Å². The Balaban J connectivity index is 2.66. The van der Waals surface area contributed by atoms with Gasteiger partial charge in [-0.1, -0.05) is 0 Å². The maximum atomic E-state index is 11.8. The Morgan fingerprint density at radius 1 is 1.53 bits per heavy atom. The maximum absolute atomic E-state index is 11.8. The molecule has 0 aliphatic carbocycles. The minimum Gasteiger partial charge on any atom is -0.505 e. The zero-order valence-corrected chi connectivity index (χ0v) is 10.7. The standard InChI is InChI=1S/C12H19N3O2/c1-12(2,15(3)4)8-14-11(17)9-5-6-13-7-10(9)16/h5-7,16H,8H2,1-4H3,(H,14,17). The summed E-state index contributed by atoms with van der Waals surface area (Å²) < 4.78 is 0. The van der Waals surface area contributed by atoms with Crippen LogP contribution in [-0.4, -0.2) is 47.1 Å². The summed E-state index contributed by atoms with van der Waals surface area (Å²) in [4.78, 5) is 17.6. The first kappa shape index (κ1) is 13.4. The maximum Gasteiger partial charge on any atom is 0.255 e. The van der Waals surface area contributed by atoms with Crippen LogP contribution in [0.25, 0.3) is 0 Å². The molecule has 0 unspecified atom stereocenters. The first-order chi connectivity index (χ1) is 7.84. The van der Waals surface area contributed by atoms with E-state index in [0.717, 1.165) is 0 Å². The molecule has 0 aliphatic heterocycles. The molecule has 1 aromatic heterocycles. The third kappa shape index (κ3) is 3.42. The molecule has 2 N–H and O–H groups in total. The number of carbonyl (C=O) groups excluding carboxylic acids is 1. The minimum absolute atomic E-state index is 0.104. The SMILES string of the molecule is CN(C)C(C)(C)CNC(=O)c1ccncc1O. The molecule has 0 aliphatic rings. The number of likely N-dealkylation sites (N-methyl/N-ethyl adjacent to an activating group) is 1. The van der Waals surface area contributed by atoms with Gasteiger partial charge in [0.1, 0.15) is 5.75 Å². The molecule has 1 amide bonds. The monoisotopic (exact) mass is 237 g/mol. The molecule has 1 rings (SSSR count). The molecule has 0 aromatic carbocycles. The van der Waals surface area contributed by atoms with Gasteiger partial charge in [0.05, 0.1) is 11.8 Å². The van der Waals surface area contributed by atoms with Crippen molar-refractivity contribution < 1.29 is 9.90 Å². The number of hydrogen-bond donors (Lipinski definition) is 2. The highest BCUT2D eigenvalue weighted by Gasteiger charge is 2.22. The molecule has 0 bridgehead atoms. The van der Waals surface area contributed by atoms with Crippen LogP contribution in [-0.2, 0) is 0 Å². The number of nitrogens with one attached hydrogen (secondary N) is 1. The summed E-state index contributed by atoms with van der Waals surface area (Å²) in [6, 6.07) is 1.49. The van der Waals surface area contributed by atoms with E-state index in [-0.39, 0.29) is 22.8 Å². The Bertz CT molecular complexity index is 402. The molecular weight excluding hydrogens is 218 g/mol. The van der Waals surface area contributed by atoms with Gasteiger partial charge in [0, 0.05) is 18.3 Å². The van der Waals surface area contributed by atoms with Crippen molar-refractivity contribution in [2.45, 2.75) is 19.4 Å². The van der Waals surface area contributed by atoms with Gasteiger partial charge >= 0.3 is 0 Å². The number of carbonyl (C=O) groups is 1. The number of nitrogens with zero attached hydrogens (tertiary/aromatic N) is 2. The van der Waals surface area contributed by atoms with Crippen LogP contribution in [0.3, 0.4) is 0 Å². The van der Waals surface area contributed by atoms with Crippen molar-refractivity contribution in [3.05, 3.63) is 24.0 Å². The lowest BCUT2D eigenvalue weighted by Crippen LogP contribution is -2.48. The van der Waals surface area contributed by atoms with Gasteiger partial charge in [-0.05, 0) is 34.0 Å². The second-order valence-electron chi connectivity index (χ2n) is 4.78. The zero-order valence-electron chi connectivity index (χ0n) is 10.7. The third-order valence-electron chi connectivity index (χ3n) is 2.94. The summed E-state index contributed by atoms with van der Waals surface area (Å²) >= 11 is 0. The summed E-state index contributed by atoms with van der Waals surface area (Å²) in [6.07, 6.45) is 2.73. The van der Waals surface area contributed by atoms with E-state index in [2.05, 4.69) is 10.3 Å². The Labute approximate surface area is 101 Å². The van der Waals surface area contributed by atoms with E-state index >= 15 is 0 Å². The van der Waals surface area contributed by atoms with Gasteiger partial charge in [-0.15, -0.1) is 0 Å². The lowest BCUT2D eigenvalue weighted by atomic mass is 10.0. The Hall–Kier alpha value is -1.62. The van der Waals surface area contributed by atoms with Crippen LogP contribution in [0.2, 0.25) is 0 Å². The van der Waals surface area contributed by atoms with Gasteiger partial charge in [0.2, 0.25) is 0 Å². The van der Waals surface area contributed by atoms with E-state index in [1.165, 1.54) is 18.5 Å². The molecule has 17 heavy (non-hydrogen) atoms. The summed E-state index contributed by atoms with van der Waals surface area (Å²) in [5.41, 5.74) is 0.104. The van der Waals surface area contributed by atoms with Gasteiger partial charge in [0.15, 0.2) is 0 Å². The van der Waals surface area contributed by atoms with Crippen molar-refractivity contribution in [1.82, 2.24) is 15.2 Å². The van der Waals surface area contributed by atoms with Gasteiger partial charge in [-0.2, -0.15) is 0 Å². The Morgan fingerprint density at radius 2 is 2.18 bits per heavy atom. The number of amides is 1. The molecule has 5 nitrogen and oxygen atoms in total. The van der Waals surface area contributed by atoms with Crippen LogP contribution in [0.5, 0.6) is 5.75 Å². The van der Waals surface area contributed by atoms with Gasteiger partial charge in [-0.25, -0.2) is 0 Å². The number of pyridine rings is 1. The minimum atomic E-state index is -0.292. The fourth-order valence-electron chi connectivity index (χ4n) is 1.13. The van der Waals surface area contributed by atoms with Gasteiger partial charge < -0.3 is 15.3 Å². The fraction of sp³-hybridized carbons (Fsp3) is 0.500. The molecule has 0 radical (unpaired) electrons. The second kappa shape index (κ2) is 5.14. The van der Waals surface area contributed by atoms with E-state index < -0.39 is 0 Å².